The fraction of sp³-hybridized carbons (Fsp3) is 0.500. The smallest absolute Gasteiger partial charge is 0.341 e. The van der Waals surface area contributed by atoms with Crippen LogP contribution < -0.4 is 10.1 Å². The Morgan fingerprint density at radius 3 is 2.96 bits per heavy atom. The molecule has 7 heteroatoms. The molecular formula is C16H21ClN2O4. The first-order valence-corrected chi connectivity index (χ1v) is 8.00. The molecule has 6 nitrogen and oxygen atoms in total. The summed E-state index contributed by atoms with van der Waals surface area (Å²) in [6.45, 7) is 4.21. The van der Waals surface area contributed by atoms with Gasteiger partial charge in [0.1, 0.15) is 5.75 Å². The van der Waals surface area contributed by atoms with Gasteiger partial charge in [0.15, 0.2) is 6.61 Å². The van der Waals surface area contributed by atoms with Crippen molar-refractivity contribution in [3.8, 4) is 5.75 Å². The summed E-state index contributed by atoms with van der Waals surface area (Å²) in [4.78, 5) is 24.7. The molecule has 2 rings (SSSR count). The Morgan fingerprint density at radius 2 is 2.26 bits per heavy atom. The van der Waals surface area contributed by atoms with Crippen LogP contribution in [0.2, 0.25) is 5.02 Å². The highest BCUT2D eigenvalue weighted by molar-refractivity contribution is 6.30. The molecule has 0 aromatic heterocycles. The molecule has 2 N–H and O–H groups in total. The SMILES string of the molecule is CCNC(=O)C1CCN(Cc2cc(Cl)ccc2OCC(=O)O)C1. The maximum atomic E-state index is 11.9. The van der Waals surface area contributed by atoms with E-state index in [1.54, 1.807) is 18.2 Å². The zero-order valence-corrected chi connectivity index (χ0v) is 13.8. The number of rotatable bonds is 7. The molecule has 1 saturated heterocycles. The van der Waals surface area contributed by atoms with Crippen molar-refractivity contribution < 1.29 is 19.4 Å². The molecule has 1 unspecified atom stereocenters. The van der Waals surface area contributed by atoms with Gasteiger partial charge in [-0.05, 0) is 38.1 Å². The van der Waals surface area contributed by atoms with E-state index in [2.05, 4.69) is 10.2 Å². The van der Waals surface area contributed by atoms with Crippen molar-refractivity contribution in [2.45, 2.75) is 19.9 Å². The van der Waals surface area contributed by atoms with Gasteiger partial charge in [0, 0.05) is 30.2 Å². The molecule has 1 atom stereocenters. The number of carbonyl (C=O) groups is 2. The third kappa shape index (κ3) is 5.11. The average molecular weight is 341 g/mol. The van der Waals surface area contributed by atoms with Crippen molar-refractivity contribution in [3.05, 3.63) is 28.8 Å². The lowest BCUT2D eigenvalue weighted by Gasteiger charge is -2.18. The third-order valence-electron chi connectivity index (χ3n) is 3.76. The number of aliphatic carboxylic acids is 1. The van der Waals surface area contributed by atoms with Crippen molar-refractivity contribution in [2.24, 2.45) is 5.92 Å². The molecule has 1 aliphatic heterocycles. The Morgan fingerprint density at radius 1 is 1.48 bits per heavy atom. The molecule has 0 bridgehead atoms. The summed E-state index contributed by atoms with van der Waals surface area (Å²) in [5.74, 6) is -0.428. The fourth-order valence-corrected chi connectivity index (χ4v) is 2.90. The van der Waals surface area contributed by atoms with Gasteiger partial charge in [0.25, 0.3) is 0 Å². The summed E-state index contributed by atoms with van der Waals surface area (Å²) in [6, 6.07) is 5.12. The number of nitrogens with one attached hydrogen (secondary N) is 1. The maximum Gasteiger partial charge on any atom is 0.341 e. The van der Waals surface area contributed by atoms with Gasteiger partial charge in [0.05, 0.1) is 5.92 Å². The minimum atomic E-state index is -1.02. The van der Waals surface area contributed by atoms with Crippen molar-refractivity contribution >= 4 is 23.5 Å². The van der Waals surface area contributed by atoms with Crippen LogP contribution in [0.3, 0.4) is 0 Å². The van der Waals surface area contributed by atoms with Crippen molar-refractivity contribution in [3.63, 3.8) is 0 Å². The number of halogens is 1. The summed E-state index contributed by atoms with van der Waals surface area (Å²) in [7, 11) is 0. The number of carbonyl (C=O) groups excluding carboxylic acids is 1. The topological polar surface area (TPSA) is 78.9 Å². The largest absolute Gasteiger partial charge is 0.482 e. The van der Waals surface area contributed by atoms with Crippen LogP contribution in [0.5, 0.6) is 5.75 Å². The monoisotopic (exact) mass is 340 g/mol. The van der Waals surface area contributed by atoms with E-state index in [0.717, 1.165) is 18.5 Å². The van der Waals surface area contributed by atoms with E-state index in [1.807, 2.05) is 6.92 Å². The van der Waals surface area contributed by atoms with Gasteiger partial charge in [-0.3, -0.25) is 9.69 Å². The van der Waals surface area contributed by atoms with Gasteiger partial charge in [-0.25, -0.2) is 4.79 Å². The minimum Gasteiger partial charge on any atom is -0.482 e. The molecule has 0 spiro atoms. The van der Waals surface area contributed by atoms with Crippen LogP contribution in [0.25, 0.3) is 0 Å². The van der Waals surface area contributed by atoms with Gasteiger partial charge >= 0.3 is 5.97 Å². The Kier molecular flexibility index (Phi) is 6.24. The summed E-state index contributed by atoms with van der Waals surface area (Å²) < 4.78 is 5.31. The molecule has 1 heterocycles. The zero-order chi connectivity index (χ0) is 16.8. The Labute approximate surface area is 140 Å². The van der Waals surface area contributed by atoms with E-state index in [-0.39, 0.29) is 11.8 Å². The molecule has 0 saturated carbocycles. The highest BCUT2D eigenvalue weighted by Crippen LogP contribution is 2.27. The highest BCUT2D eigenvalue weighted by Gasteiger charge is 2.28. The van der Waals surface area contributed by atoms with Crippen LogP contribution in [0.4, 0.5) is 0 Å². The highest BCUT2D eigenvalue weighted by atomic mass is 35.5. The van der Waals surface area contributed by atoms with Gasteiger partial charge < -0.3 is 15.2 Å². The molecule has 0 aliphatic carbocycles. The van der Waals surface area contributed by atoms with Gasteiger partial charge in [-0.15, -0.1) is 0 Å². The Hall–Kier alpha value is -1.79. The summed E-state index contributed by atoms with van der Waals surface area (Å²) in [5.41, 5.74) is 0.829. The number of amides is 1. The fourth-order valence-electron chi connectivity index (χ4n) is 2.70. The van der Waals surface area contributed by atoms with E-state index in [4.69, 9.17) is 21.4 Å². The number of ether oxygens (including phenoxy) is 1. The minimum absolute atomic E-state index is 0.00229. The maximum absolute atomic E-state index is 11.9. The predicted molar refractivity (Wildman–Crippen MR) is 86.7 cm³/mol. The second-order valence-corrected chi connectivity index (χ2v) is 5.99. The van der Waals surface area contributed by atoms with Crippen LogP contribution in [-0.2, 0) is 16.1 Å². The quantitative estimate of drug-likeness (QED) is 0.790. The molecule has 23 heavy (non-hydrogen) atoms. The third-order valence-corrected chi connectivity index (χ3v) is 4.00. The second-order valence-electron chi connectivity index (χ2n) is 5.55. The molecule has 1 aliphatic rings. The van der Waals surface area contributed by atoms with Gasteiger partial charge in [-0.2, -0.15) is 0 Å². The van der Waals surface area contributed by atoms with E-state index in [1.165, 1.54) is 0 Å². The van der Waals surface area contributed by atoms with Crippen LogP contribution in [0, 0.1) is 5.92 Å². The summed E-state index contributed by atoms with van der Waals surface area (Å²) in [6.07, 6.45) is 0.817. The number of hydrogen-bond donors (Lipinski definition) is 2. The first kappa shape index (κ1) is 17.6. The van der Waals surface area contributed by atoms with E-state index in [9.17, 15) is 9.59 Å². The Balaban J connectivity index is 2.01. The van der Waals surface area contributed by atoms with Crippen LogP contribution >= 0.6 is 11.6 Å². The molecule has 126 valence electrons. The first-order valence-electron chi connectivity index (χ1n) is 7.62. The number of benzene rings is 1. The van der Waals surface area contributed by atoms with Crippen LogP contribution in [0.15, 0.2) is 18.2 Å². The molecule has 1 fully saturated rings. The number of carboxylic acids is 1. The molecular weight excluding hydrogens is 320 g/mol. The Bertz CT molecular complexity index is 579. The van der Waals surface area contributed by atoms with Crippen molar-refractivity contribution in [1.29, 1.82) is 0 Å². The molecule has 1 aromatic rings. The number of nitrogens with zero attached hydrogens (tertiary/aromatic N) is 1. The number of hydrogen-bond acceptors (Lipinski definition) is 4. The second kappa shape index (κ2) is 8.17. The lowest BCUT2D eigenvalue weighted by Crippen LogP contribution is -2.32. The van der Waals surface area contributed by atoms with Crippen molar-refractivity contribution in [2.75, 3.05) is 26.2 Å². The lowest BCUT2D eigenvalue weighted by molar-refractivity contribution is -0.139. The van der Waals surface area contributed by atoms with E-state index in [0.29, 0.717) is 30.4 Å². The molecule has 0 radical (unpaired) electrons. The van der Waals surface area contributed by atoms with Gasteiger partial charge in [0.2, 0.25) is 5.91 Å². The zero-order valence-electron chi connectivity index (χ0n) is 13.0. The summed E-state index contributed by atoms with van der Waals surface area (Å²) in [5, 5.41) is 12.2. The van der Waals surface area contributed by atoms with E-state index >= 15 is 0 Å². The first-order chi connectivity index (χ1) is 11.0. The standard InChI is InChI=1S/C16H21ClN2O4/c1-2-18-16(22)11-5-6-19(8-11)9-12-7-13(17)3-4-14(12)23-10-15(20)21/h3-4,7,11H,2,5-6,8-10H2,1H3,(H,18,22)(H,20,21). The van der Waals surface area contributed by atoms with E-state index < -0.39 is 12.6 Å². The number of carboxylic acid groups (broad SMARTS) is 1. The number of likely N-dealkylation sites (tertiary alicyclic amines) is 1. The van der Waals surface area contributed by atoms with Crippen LogP contribution in [0.1, 0.15) is 18.9 Å². The molecule has 1 aromatic carbocycles. The normalized spacial score (nSPS) is 17.9. The lowest BCUT2D eigenvalue weighted by atomic mass is 10.1. The van der Waals surface area contributed by atoms with Gasteiger partial charge in [-0.1, -0.05) is 11.6 Å². The average Bonchev–Trinajstić information content (AvgIpc) is 2.95. The van der Waals surface area contributed by atoms with Crippen molar-refractivity contribution in [1.82, 2.24) is 10.2 Å². The predicted octanol–water partition coefficient (Wildman–Crippen LogP) is 1.76. The van der Waals surface area contributed by atoms with Crippen LogP contribution in [-0.4, -0.2) is 48.1 Å². The summed E-state index contributed by atoms with van der Waals surface area (Å²) >= 11 is 6.03. The molecule has 1 amide bonds.